The Hall–Kier alpha value is -0.0862. The Balaban J connectivity index is 2.22. The normalized spacial score (nSPS) is 27.3. The van der Waals surface area contributed by atoms with E-state index in [9.17, 15) is 0 Å². The smallest absolute Gasteiger partial charge is 0.0326 e. The topological polar surface area (TPSA) is 0 Å². The fourth-order valence-corrected chi connectivity index (χ4v) is 5.12. The second kappa shape index (κ2) is 7.24. The zero-order chi connectivity index (χ0) is 10.2. The lowest BCUT2D eigenvalue weighted by Crippen LogP contribution is -2.05. The first-order chi connectivity index (χ1) is 6.86. The van der Waals surface area contributed by atoms with E-state index in [1.54, 1.807) is 0 Å². The van der Waals surface area contributed by atoms with E-state index < -0.39 is 0 Å². The highest BCUT2D eigenvalue weighted by Crippen LogP contribution is 2.23. The maximum Gasteiger partial charge on any atom is 0.0326 e. The minimum absolute atomic E-state index is 0.166. The van der Waals surface area contributed by atoms with Crippen molar-refractivity contribution in [2.75, 3.05) is 0 Å². The first-order valence-electron chi connectivity index (χ1n) is 6.23. The molecule has 0 N–H and O–H groups in total. The molecule has 80 valence electrons. The summed E-state index contributed by atoms with van der Waals surface area (Å²) in [5.41, 5.74) is 1.78. The van der Waals surface area contributed by atoms with Crippen LogP contribution in [0.15, 0.2) is 24.3 Å². The first kappa shape index (κ1) is 12.0. The van der Waals surface area contributed by atoms with Gasteiger partial charge in [-0.1, -0.05) is 63.1 Å². The van der Waals surface area contributed by atoms with Gasteiger partial charge in [0, 0.05) is 19.0 Å². The lowest BCUT2D eigenvalue weighted by atomic mass is 10.2. The average Bonchev–Trinajstić information content (AvgIpc) is 2.25. The van der Waals surface area contributed by atoms with E-state index >= 15 is 0 Å². The minimum atomic E-state index is 0.166. The molecule has 0 amide bonds. The first-order valence-corrected chi connectivity index (χ1v) is 9.86. The molecule has 2 heteroatoms. The van der Waals surface area contributed by atoms with E-state index in [1.807, 2.05) is 0 Å². The molecule has 0 radical (unpaired) electrons. The summed E-state index contributed by atoms with van der Waals surface area (Å²) < 4.78 is 0. The van der Waals surface area contributed by atoms with Crippen LogP contribution in [-0.2, 0) is 0 Å². The van der Waals surface area contributed by atoms with E-state index in [4.69, 9.17) is 0 Å². The molecule has 0 saturated carbocycles. The number of rotatable bonds is 6. The van der Waals surface area contributed by atoms with Crippen LogP contribution in [0.2, 0.25) is 23.2 Å². The van der Waals surface area contributed by atoms with Crippen LogP contribution in [0.25, 0.3) is 0 Å². The number of allylic oxidation sites excluding steroid dienone is 4. The highest BCUT2D eigenvalue weighted by Gasteiger charge is 2.08. The molecule has 0 aromatic heterocycles. The van der Waals surface area contributed by atoms with Crippen molar-refractivity contribution < 1.29 is 0 Å². The summed E-state index contributed by atoms with van der Waals surface area (Å²) in [6, 6.07) is 3.02. The summed E-state index contributed by atoms with van der Waals surface area (Å²) >= 11 is 0. The second-order valence-electron chi connectivity index (χ2n) is 4.38. The van der Waals surface area contributed by atoms with Crippen LogP contribution in [0.3, 0.4) is 0 Å². The van der Waals surface area contributed by atoms with Crippen molar-refractivity contribution in [3.63, 3.8) is 0 Å². The van der Waals surface area contributed by atoms with Gasteiger partial charge in [-0.15, -0.1) is 0 Å². The van der Waals surface area contributed by atoms with Crippen molar-refractivity contribution in [2.24, 2.45) is 0 Å². The molecule has 1 aliphatic rings. The van der Waals surface area contributed by atoms with Crippen molar-refractivity contribution >= 4 is 19.0 Å². The van der Waals surface area contributed by atoms with Gasteiger partial charge in [-0.3, -0.25) is 0 Å². The largest absolute Gasteiger partial charge is 0.0847 e. The van der Waals surface area contributed by atoms with Gasteiger partial charge in [-0.05, 0) is 11.1 Å². The van der Waals surface area contributed by atoms with Crippen LogP contribution in [0, 0.1) is 0 Å². The number of hydrogen-bond donors (Lipinski definition) is 0. The van der Waals surface area contributed by atoms with Gasteiger partial charge in [0.1, 0.15) is 0 Å². The molecule has 1 aliphatic carbocycles. The summed E-state index contributed by atoms with van der Waals surface area (Å²) in [6.45, 7) is 4.61. The van der Waals surface area contributed by atoms with Gasteiger partial charge in [0.2, 0.25) is 0 Å². The Morgan fingerprint density at radius 3 is 1.43 bits per heavy atom. The molecular formula is C12H24Si2. The minimum Gasteiger partial charge on any atom is -0.0847 e. The predicted molar refractivity (Wildman–Crippen MR) is 73.1 cm³/mol. The second-order valence-corrected chi connectivity index (χ2v) is 8.84. The third-order valence-electron chi connectivity index (χ3n) is 2.99. The summed E-state index contributed by atoms with van der Waals surface area (Å²) in [5.74, 6) is 0. The Labute approximate surface area is 93.5 Å². The maximum atomic E-state index is 2.51. The lowest BCUT2D eigenvalue weighted by molar-refractivity contribution is 1.04. The van der Waals surface area contributed by atoms with Crippen molar-refractivity contribution in [2.45, 2.75) is 49.9 Å². The zero-order valence-electron chi connectivity index (χ0n) is 9.71. The van der Waals surface area contributed by atoms with Crippen molar-refractivity contribution in [3.8, 4) is 0 Å². The molecule has 14 heavy (non-hydrogen) atoms. The highest BCUT2D eigenvalue weighted by atomic mass is 28.2. The molecule has 1 rings (SSSR count). The highest BCUT2D eigenvalue weighted by molar-refractivity contribution is 6.41. The van der Waals surface area contributed by atoms with Crippen LogP contribution >= 0.6 is 0 Å². The van der Waals surface area contributed by atoms with Crippen molar-refractivity contribution in [1.82, 2.24) is 0 Å². The van der Waals surface area contributed by atoms with Gasteiger partial charge < -0.3 is 0 Å². The zero-order valence-corrected chi connectivity index (χ0v) is 12.5. The summed E-state index contributed by atoms with van der Waals surface area (Å²) in [7, 11) is 0.331. The van der Waals surface area contributed by atoms with Gasteiger partial charge in [0.15, 0.2) is 0 Å². The van der Waals surface area contributed by atoms with Crippen LogP contribution in [0.1, 0.15) is 26.7 Å². The van der Waals surface area contributed by atoms with E-state index in [0.29, 0.717) is 0 Å². The Morgan fingerprint density at radius 1 is 0.786 bits per heavy atom. The molecule has 0 aliphatic heterocycles. The van der Waals surface area contributed by atoms with Gasteiger partial charge in [-0.2, -0.15) is 0 Å². The van der Waals surface area contributed by atoms with Crippen molar-refractivity contribution in [3.05, 3.63) is 24.3 Å². The van der Waals surface area contributed by atoms with Crippen molar-refractivity contribution in [1.29, 1.82) is 0 Å². The monoisotopic (exact) mass is 224 g/mol. The van der Waals surface area contributed by atoms with Crippen LogP contribution < -0.4 is 0 Å². The van der Waals surface area contributed by atoms with Gasteiger partial charge in [0.05, 0.1) is 0 Å². The molecule has 0 unspecified atom stereocenters. The van der Waals surface area contributed by atoms with Crippen LogP contribution in [-0.4, -0.2) is 19.0 Å². The quantitative estimate of drug-likeness (QED) is 0.481. The summed E-state index contributed by atoms with van der Waals surface area (Å²) in [5, 5.41) is 0. The van der Waals surface area contributed by atoms with E-state index in [2.05, 4.69) is 38.2 Å². The molecule has 0 aromatic rings. The predicted octanol–water partition coefficient (Wildman–Crippen LogP) is 2.68. The lowest BCUT2D eigenvalue weighted by Gasteiger charge is -2.15. The molecule has 0 aromatic carbocycles. The molecule has 0 heterocycles. The average molecular weight is 224 g/mol. The third-order valence-corrected chi connectivity index (χ3v) is 7.65. The maximum absolute atomic E-state index is 2.51. The molecule has 0 saturated heterocycles. The molecule has 0 bridgehead atoms. The van der Waals surface area contributed by atoms with Gasteiger partial charge in [-0.25, -0.2) is 0 Å². The summed E-state index contributed by atoms with van der Waals surface area (Å²) in [4.78, 5) is 0. The molecular weight excluding hydrogens is 200 g/mol. The van der Waals surface area contributed by atoms with E-state index in [-0.39, 0.29) is 19.0 Å². The van der Waals surface area contributed by atoms with E-state index in [0.717, 1.165) is 11.1 Å². The van der Waals surface area contributed by atoms with Crippen LogP contribution in [0.5, 0.6) is 0 Å². The molecule has 0 spiro atoms. The third kappa shape index (κ3) is 4.42. The fraction of sp³-hybridized carbons (Fsp3) is 0.667. The number of hydrogen-bond acceptors (Lipinski definition) is 0. The van der Waals surface area contributed by atoms with Crippen LogP contribution in [0.4, 0.5) is 0 Å². The Morgan fingerprint density at radius 2 is 1.14 bits per heavy atom. The standard InChI is InChI=1S/C12H24Si2/c1-3-9-13-11-5-7-12(8-6-11)14-10-4-2/h5-8,11-12H,3-4,9-10,13-14H2,1-2H3. The fourth-order valence-electron chi connectivity index (χ4n) is 1.96. The Kier molecular flexibility index (Phi) is 6.20. The van der Waals surface area contributed by atoms with Gasteiger partial charge >= 0.3 is 0 Å². The SMILES string of the molecule is CCC[SiH2]C1C=CC([SiH2]CCC)C=C1. The molecule has 0 nitrogen and oxygen atoms in total. The molecule has 0 atom stereocenters. The Bertz CT molecular complexity index is 162. The van der Waals surface area contributed by atoms with Gasteiger partial charge in [0.25, 0.3) is 0 Å². The van der Waals surface area contributed by atoms with E-state index in [1.165, 1.54) is 24.9 Å². The molecule has 0 fully saturated rings. The summed E-state index contributed by atoms with van der Waals surface area (Å²) in [6.07, 6.45) is 12.8.